The molecule has 0 N–H and O–H groups in total. The average Bonchev–Trinajstić information content (AvgIpc) is 3.39. The summed E-state index contributed by atoms with van der Waals surface area (Å²) in [5, 5.41) is 0. The van der Waals surface area contributed by atoms with Crippen LogP contribution in [0.5, 0.6) is 0 Å². The maximum Gasteiger partial charge on any atom is 0.306 e. The number of hydrogen-bond acceptors (Lipinski definition) is 6. The molecule has 416 valence electrons. The average molecular weight is 1010 g/mol. The van der Waals surface area contributed by atoms with Crippen molar-refractivity contribution in [2.24, 2.45) is 0 Å². The van der Waals surface area contributed by atoms with Crippen molar-refractivity contribution in [2.45, 2.75) is 284 Å². The molecule has 0 aliphatic heterocycles. The fourth-order valence-electron chi connectivity index (χ4n) is 8.21. The van der Waals surface area contributed by atoms with Crippen LogP contribution in [0.4, 0.5) is 0 Å². The molecular weight excluding hydrogens is 901 g/mol. The lowest BCUT2D eigenvalue weighted by molar-refractivity contribution is -0.167. The van der Waals surface area contributed by atoms with Gasteiger partial charge in [0.1, 0.15) is 13.2 Å². The van der Waals surface area contributed by atoms with Crippen LogP contribution in [-0.2, 0) is 28.6 Å². The number of allylic oxidation sites excluding steroid dienone is 18. The second-order valence-corrected chi connectivity index (χ2v) is 19.9. The van der Waals surface area contributed by atoms with Crippen molar-refractivity contribution < 1.29 is 28.6 Å². The zero-order valence-corrected chi connectivity index (χ0v) is 47.6. The van der Waals surface area contributed by atoms with Crippen LogP contribution in [0.1, 0.15) is 278 Å². The van der Waals surface area contributed by atoms with Crippen molar-refractivity contribution in [1.29, 1.82) is 0 Å². The first-order valence-corrected chi connectivity index (χ1v) is 30.4. The highest BCUT2D eigenvalue weighted by molar-refractivity contribution is 5.71. The van der Waals surface area contributed by atoms with Crippen LogP contribution >= 0.6 is 0 Å². The van der Waals surface area contributed by atoms with E-state index in [4.69, 9.17) is 14.2 Å². The second-order valence-electron chi connectivity index (χ2n) is 19.9. The molecule has 0 rings (SSSR count). The van der Waals surface area contributed by atoms with Gasteiger partial charge in [-0.1, -0.05) is 271 Å². The summed E-state index contributed by atoms with van der Waals surface area (Å²) in [4.78, 5) is 38.2. The van der Waals surface area contributed by atoms with E-state index in [0.717, 1.165) is 116 Å². The zero-order chi connectivity index (χ0) is 52.9. The van der Waals surface area contributed by atoms with E-state index in [2.05, 4.69) is 130 Å². The van der Waals surface area contributed by atoms with E-state index in [0.29, 0.717) is 19.3 Å². The fraction of sp³-hybridized carbons (Fsp3) is 0.687. The summed E-state index contributed by atoms with van der Waals surface area (Å²) < 4.78 is 16.8. The Morgan fingerprint density at radius 3 is 0.932 bits per heavy atom. The Labute approximate surface area is 450 Å². The third-order valence-corrected chi connectivity index (χ3v) is 12.8. The van der Waals surface area contributed by atoms with Gasteiger partial charge in [-0.05, 0) is 96.3 Å². The Morgan fingerprint density at radius 1 is 0.288 bits per heavy atom. The number of carbonyl (C=O) groups excluding carboxylic acids is 3. The predicted molar refractivity (Wildman–Crippen MR) is 316 cm³/mol. The summed E-state index contributed by atoms with van der Waals surface area (Å²) in [6, 6.07) is 0. The first kappa shape index (κ1) is 69.1. The minimum absolute atomic E-state index is 0.103. The largest absolute Gasteiger partial charge is 0.462 e. The summed E-state index contributed by atoms with van der Waals surface area (Å²) >= 11 is 0. The number of hydrogen-bond donors (Lipinski definition) is 0. The monoisotopic (exact) mass is 1010 g/mol. The standard InChI is InChI=1S/C67H112O6/c1-4-7-10-13-16-19-22-25-28-30-32-33-34-35-36-38-39-42-45-48-51-54-57-60-66(69)72-63-64(62-71-65(68)59-56-53-50-47-44-41-27-24-21-18-15-12-9-6-3)73-67(70)61-58-55-52-49-46-43-40-37-31-29-26-23-20-17-14-11-8-5-2/h7,10,15-16,18-19,24-25,27-28,32-33,35-36,39,42,48,51,64H,4-6,8-9,11-14,17,20-23,26,29-31,34,37-38,40-41,43-47,49-50,52-63H2,1-3H3/b10-7-,18-15-,19-16-,27-24-,28-25-,33-32-,36-35-,42-39-,51-48-. The van der Waals surface area contributed by atoms with E-state index in [1.54, 1.807) is 0 Å². The van der Waals surface area contributed by atoms with Crippen molar-refractivity contribution in [3.05, 3.63) is 109 Å². The maximum absolute atomic E-state index is 12.9. The van der Waals surface area contributed by atoms with E-state index in [9.17, 15) is 14.4 Å². The van der Waals surface area contributed by atoms with Crippen LogP contribution in [0, 0.1) is 0 Å². The summed E-state index contributed by atoms with van der Waals surface area (Å²) in [5.41, 5.74) is 0. The Kier molecular flexibility index (Phi) is 57.4. The molecule has 0 spiro atoms. The molecule has 0 fully saturated rings. The number of ether oxygens (including phenoxy) is 3. The van der Waals surface area contributed by atoms with Gasteiger partial charge in [0.15, 0.2) is 6.10 Å². The molecule has 73 heavy (non-hydrogen) atoms. The van der Waals surface area contributed by atoms with Crippen molar-refractivity contribution in [1.82, 2.24) is 0 Å². The van der Waals surface area contributed by atoms with Crippen LogP contribution < -0.4 is 0 Å². The van der Waals surface area contributed by atoms with Gasteiger partial charge in [-0.3, -0.25) is 14.4 Å². The molecule has 0 bridgehead atoms. The van der Waals surface area contributed by atoms with Crippen LogP contribution in [0.3, 0.4) is 0 Å². The van der Waals surface area contributed by atoms with Gasteiger partial charge in [-0.25, -0.2) is 0 Å². The number of carbonyl (C=O) groups is 3. The third-order valence-electron chi connectivity index (χ3n) is 12.8. The lowest BCUT2D eigenvalue weighted by Crippen LogP contribution is -2.30. The topological polar surface area (TPSA) is 78.9 Å². The maximum atomic E-state index is 12.9. The Hall–Kier alpha value is -3.93. The molecule has 0 saturated carbocycles. The van der Waals surface area contributed by atoms with Gasteiger partial charge < -0.3 is 14.2 Å². The van der Waals surface area contributed by atoms with Crippen molar-refractivity contribution in [2.75, 3.05) is 13.2 Å². The highest BCUT2D eigenvalue weighted by Gasteiger charge is 2.19. The summed E-state index contributed by atoms with van der Waals surface area (Å²) in [6.45, 7) is 6.44. The number of rotatable bonds is 54. The molecule has 0 saturated heterocycles. The Bertz CT molecular complexity index is 1490. The van der Waals surface area contributed by atoms with Gasteiger partial charge in [-0.2, -0.15) is 0 Å². The summed E-state index contributed by atoms with van der Waals surface area (Å²) in [7, 11) is 0. The first-order valence-electron chi connectivity index (χ1n) is 30.4. The van der Waals surface area contributed by atoms with Crippen molar-refractivity contribution in [3.8, 4) is 0 Å². The van der Waals surface area contributed by atoms with Crippen LogP contribution in [0.2, 0.25) is 0 Å². The van der Waals surface area contributed by atoms with Crippen LogP contribution in [-0.4, -0.2) is 37.2 Å². The normalized spacial score (nSPS) is 12.9. The minimum atomic E-state index is -0.808. The molecule has 6 heteroatoms. The van der Waals surface area contributed by atoms with E-state index in [1.807, 2.05) is 0 Å². The second kappa shape index (κ2) is 60.6. The lowest BCUT2D eigenvalue weighted by Gasteiger charge is -2.18. The smallest absolute Gasteiger partial charge is 0.306 e. The molecule has 0 heterocycles. The molecule has 0 aromatic rings. The van der Waals surface area contributed by atoms with E-state index >= 15 is 0 Å². The quantitative estimate of drug-likeness (QED) is 0.0261. The van der Waals surface area contributed by atoms with E-state index in [1.165, 1.54) is 116 Å². The zero-order valence-electron chi connectivity index (χ0n) is 47.6. The first-order chi connectivity index (χ1) is 36.0. The fourth-order valence-corrected chi connectivity index (χ4v) is 8.21. The Morgan fingerprint density at radius 2 is 0.562 bits per heavy atom. The van der Waals surface area contributed by atoms with Gasteiger partial charge in [0.25, 0.3) is 0 Å². The highest BCUT2D eigenvalue weighted by atomic mass is 16.6. The molecule has 6 nitrogen and oxygen atoms in total. The molecule has 0 aromatic carbocycles. The predicted octanol–water partition coefficient (Wildman–Crippen LogP) is 20.7. The third kappa shape index (κ3) is 58.8. The summed E-state index contributed by atoms with van der Waals surface area (Å²) in [5.74, 6) is -0.971. The van der Waals surface area contributed by atoms with Crippen molar-refractivity contribution in [3.63, 3.8) is 0 Å². The Balaban J connectivity index is 4.47. The molecule has 1 unspecified atom stereocenters. The van der Waals surface area contributed by atoms with Gasteiger partial charge in [0.05, 0.1) is 0 Å². The number of unbranched alkanes of at least 4 members (excludes halogenated alkanes) is 25. The molecule has 0 aliphatic carbocycles. The molecule has 0 radical (unpaired) electrons. The molecular formula is C67H112O6. The van der Waals surface area contributed by atoms with Gasteiger partial charge in [0.2, 0.25) is 0 Å². The minimum Gasteiger partial charge on any atom is -0.462 e. The van der Waals surface area contributed by atoms with Crippen molar-refractivity contribution >= 4 is 17.9 Å². The van der Waals surface area contributed by atoms with Crippen LogP contribution in [0.15, 0.2) is 109 Å². The molecule has 1 atom stereocenters. The molecule has 0 amide bonds. The van der Waals surface area contributed by atoms with Gasteiger partial charge in [0, 0.05) is 19.3 Å². The van der Waals surface area contributed by atoms with Gasteiger partial charge >= 0.3 is 17.9 Å². The molecule has 0 aromatic heterocycles. The number of esters is 3. The van der Waals surface area contributed by atoms with Crippen LogP contribution in [0.25, 0.3) is 0 Å². The van der Waals surface area contributed by atoms with Gasteiger partial charge in [-0.15, -0.1) is 0 Å². The lowest BCUT2D eigenvalue weighted by atomic mass is 10.0. The SMILES string of the molecule is CC/C=C\C/C=C\C/C=C\C/C=C\C/C=C\C/C=C\C/C=C\CCCC(=O)OCC(COC(=O)CCCCCCC/C=C\C/C=C\CCCC)OC(=O)CCCCCCCCCCCCCCCCCCCC. The highest BCUT2D eigenvalue weighted by Crippen LogP contribution is 2.16. The van der Waals surface area contributed by atoms with E-state index in [-0.39, 0.29) is 37.5 Å². The van der Waals surface area contributed by atoms with E-state index < -0.39 is 6.10 Å². The summed E-state index contributed by atoms with van der Waals surface area (Å²) in [6.07, 6.45) is 82.3. The molecule has 0 aliphatic rings.